The van der Waals surface area contributed by atoms with Crippen LogP contribution in [0.25, 0.3) is 0 Å². The number of piperidine rings is 1. The van der Waals surface area contributed by atoms with Crippen LogP contribution in [0.2, 0.25) is 0 Å². The number of nitrogens with one attached hydrogen (secondary N) is 1. The van der Waals surface area contributed by atoms with Crippen LogP contribution in [0.5, 0.6) is 0 Å². The molecule has 2 aromatic rings. The number of aryl methyl sites for hydroxylation is 1. The topological polar surface area (TPSA) is 92.3 Å². The number of hydrogen-bond donors (Lipinski definition) is 1. The van der Waals surface area contributed by atoms with Crippen molar-refractivity contribution >= 4 is 32.4 Å². The van der Waals surface area contributed by atoms with Gasteiger partial charge in [0, 0.05) is 25.4 Å². The van der Waals surface area contributed by atoms with Crippen LogP contribution < -0.4 is 5.32 Å². The molecule has 12 heteroatoms. The Hall–Kier alpha value is -2.05. The van der Waals surface area contributed by atoms with Gasteiger partial charge in [-0.2, -0.15) is 17.5 Å². The molecule has 1 saturated heterocycles. The molecule has 1 fully saturated rings. The largest absolute Gasteiger partial charge is 0.417 e. The number of rotatable bonds is 7. The van der Waals surface area contributed by atoms with E-state index in [1.165, 1.54) is 17.4 Å². The molecular formula is C19H23F3N4O3S2. The summed E-state index contributed by atoms with van der Waals surface area (Å²) in [6.07, 6.45) is -1.57. The number of carbonyl (C=O) groups is 1. The van der Waals surface area contributed by atoms with Gasteiger partial charge >= 0.3 is 6.18 Å². The van der Waals surface area contributed by atoms with Crippen molar-refractivity contribution in [2.24, 2.45) is 5.92 Å². The molecule has 1 aromatic carbocycles. The molecule has 0 unspecified atom stereocenters. The average Bonchev–Trinajstić information content (AvgIpc) is 3.19. The van der Waals surface area contributed by atoms with Crippen LogP contribution in [-0.2, 0) is 27.4 Å². The Morgan fingerprint density at radius 2 is 1.90 bits per heavy atom. The number of hydrogen-bond acceptors (Lipinski definition) is 6. The summed E-state index contributed by atoms with van der Waals surface area (Å²) in [4.78, 5) is 11.7. The van der Waals surface area contributed by atoms with E-state index in [9.17, 15) is 26.4 Å². The third-order valence-corrected chi connectivity index (χ3v) is 7.93. The number of amides is 1. The molecule has 0 spiro atoms. The second-order valence-electron chi connectivity index (χ2n) is 7.27. The summed E-state index contributed by atoms with van der Waals surface area (Å²) < 4.78 is 66.4. The van der Waals surface area contributed by atoms with E-state index in [2.05, 4.69) is 22.4 Å². The Morgan fingerprint density at radius 1 is 1.23 bits per heavy atom. The molecule has 2 heterocycles. The van der Waals surface area contributed by atoms with E-state index >= 15 is 0 Å². The lowest BCUT2D eigenvalue weighted by molar-refractivity contribution is -0.139. The van der Waals surface area contributed by atoms with Crippen LogP contribution >= 0.6 is 11.3 Å². The van der Waals surface area contributed by atoms with Crippen molar-refractivity contribution in [1.29, 1.82) is 0 Å². The van der Waals surface area contributed by atoms with E-state index in [0.29, 0.717) is 5.13 Å². The van der Waals surface area contributed by atoms with Crippen LogP contribution in [0.4, 0.5) is 18.3 Å². The lowest BCUT2D eigenvalue weighted by Gasteiger charge is -2.31. The van der Waals surface area contributed by atoms with Crippen LogP contribution in [-0.4, -0.2) is 41.9 Å². The number of nitrogens with zero attached hydrogens (tertiary/aromatic N) is 3. The fourth-order valence-corrected chi connectivity index (χ4v) is 5.83. The Kier molecular flexibility index (Phi) is 7.32. The van der Waals surface area contributed by atoms with Gasteiger partial charge in [0.1, 0.15) is 5.01 Å². The Bertz CT molecular complexity index is 1020. The maximum atomic E-state index is 13.2. The van der Waals surface area contributed by atoms with Gasteiger partial charge in [0.2, 0.25) is 21.1 Å². The molecular weight excluding hydrogens is 453 g/mol. The molecule has 1 N–H and O–H groups in total. The summed E-state index contributed by atoms with van der Waals surface area (Å²) in [6.45, 7) is 1.99. The van der Waals surface area contributed by atoms with Gasteiger partial charge in [-0.05, 0) is 31.4 Å². The zero-order valence-electron chi connectivity index (χ0n) is 16.9. The zero-order valence-corrected chi connectivity index (χ0v) is 18.5. The quantitative estimate of drug-likeness (QED) is 0.654. The van der Waals surface area contributed by atoms with Crippen molar-refractivity contribution in [3.63, 3.8) is 0 Å². The molecule has 170 valence electrons. The van der Waals surface area contributed by atoms with Crippen molar-refractivity contribution in [3.05, 3.63) is 34.8 Å². The molecule has 1 aliphatic heterocycles. The van der Waals surface area contributed by atoms with Gasteiger partial charge in [-0.1, -0.05) is 36.8 Å². The standard InChI is InChI=1S/C19H23F3N4O3S2/c1-2-3-8-16-24-25-18(30-16)23-17(27)13-9-11-26(12-10-13)31(28,29)15-7-5-4-6-14(15)19(20,21)22/h4-7,13H,2-3,8-12H2,1H3,(H,23,25,27). The van der Waals surface area contributed by atoms with Crippen molar-refractivity contribution in [3.8, 4) is 0 Å². The molecule has 0 aliphatic carbocycles. The molecule has 0 bridgehead atoms. The Morgan fingerprint density at radius 3 is 2.55 bits per heavy atom. The van der Waals surface area contributed by atoms with Gasteiger partial charge in [-0.25, -0.2) is 8.42 Å². The third-order valence-electron chi connectivity index (χ3n) is 5.08. The number of unbranched alkanes of at least 4 members (excludes halogenated alkanes) is 1. The lowest BCUT2D eigenvalue weighted by atomic mass is 9.97. The molecule has 0 atom stereocenters. The van der Waals surface area contributed by atoms with Gasteiger partial charge in [0.05, 0.1) is 10.5 Å². The molecule has 0 radical (unpaired) electrons. The fraction of sp³-hybridized carbons (Fsp3) is 0.526. The highest BCUT2D eigenvalue weighted by Gasteiger charge is 2.40. The number of sulfonamides is 1. The summed E-state index contributed by atoms with van der Waals surface area (Å²) >= 11 is 1.30. The molecule has 0 saturated carbocycles. The minimum absolute atomic E-state index is 0.0372. The summed E-state index contributed by atoms with van der Waals surface area (Å²) in [5.41, 5.74) is -1.19. The second kappa shape index (κ2) is 9.61. The highest BCUT2D eigenvalue weighted by atomic mass is 32.2. The first-order chi connectivity index (χ1) is 14.6. The maximum Gasteiger partial charge on any atom is 0.417 e. The highest BCUT2D eigenvalue weighted by molar-refractivity contribution is 7.89. The highest BCUT2D eigenvalue weighted by Crippen LogP contribution is 2.36. The van der Waals surface area contributed by atoms with E-state index in [1.54, 1.807) is 0 Å². The van der Waals surface area contributed by atoms with Gasteiger partial charge in [0.15, 0.2) is 0 Å². The third kappa shape index (κ3) is 5.60. The summed E-state index contributed by atoms with van der Waals surface area (Å²) in [5, 5.41) is 11.9. The van der Waals surface area contributed by atoms with E-state index in [1.807, 2.05) is 0 Å². The number of halogens is 3. The minimum Gasteiger partial charge on any atom is -0.300 e. The fourth-order valence-electron chi connectivity index (χ4n) is 3.36. The molecule has 1 amide bonds. The molecule has 3 rings (SSSR count). The predicted octanol–water partition coefficient (Wildman–Crippen LogP) is 3.94. The number of aromatic nitrogens is 2. The lowest BCUT2D eigenvalue weighted by Crippen LogP contribution is -2.41. The minimum atomic E-state index is -4.78. The average molecular weight is 477 g/mol. The number of alkyl halides is 3. The van der Waals surface area contributed by atoms with Gasteiger partial charge in [-0.15, -0.1) is 10.2 Å². The van der Waals surface area contributed by atoms with Crippen molar-refractivity contribution in [1.82, 2.24) is 14.5 Å². The van der Waals surface area contributed by atoms with Crippen LogP contribution in [0.15, 0.2) is 29.2 Å². The monoisotopic (exact) mass is 476 g/mol. The van der Waals surface area contributed by atoms with Crippen molar-refractivity contribution < 1.29 is 26.4 Å². The van der Waals surface area contributed by atoms with Gasteiger partial charge < -0.3 is 5.32 Å². The Balaban J connectivity index is 1.63. The normalized spacial score (nSPS) is 16.4. The van der Waals surface area contributed by atoms with Crippen LogP contribution in [0.3, 0.4) is 0 Å². The Labute approximate surface area is 182 Å². The summed E-state index contributed by atoms with van der Waals surface area (Å²) in [6, 6.07) is 4.13. The van der Waals surface area contributed by atoms with E-state index in [4.69, 9.17) is 0 Å². The first-order valence-corrected chi connectivity index (χ1v) is 12.2. The van der Waals surface area contributed by atoms with E-state index < -0.39 is 32.6 Å². The molecule has 1 aromatic heterocycles. The number of carbonyl (C=O) groups excluding carboxylic acids is 1. The number of benzene rings is 1. The number of anilines is 1. The van der Waals surface area contributed by atoms with E-state index in [-0.39, 0.29) is 31.8 Å². The SMILES string of the molecule is CCCCc1nnc(NC(=O)C2CCN(S(=O)(=O)c3ccccc3C(F)(F)F)CC2)s1. The second-order valence-corrected chi connectivity index (χ2v) is 10.2. The summed E-state index contributed by atoms with van der Waals surface area (Å²) in [5.74, 6) is -0.738. The first kappa shape index (κ1) is 23.6. The van der Waals surface area contributed by atoms with Gasteiger partial charge in [0.25, 0.3) is 0 Å². The van der Waals surface area contributed by atoms with Gasteiger partial charge in [-0.3, -0.25) is 4.79 Å². The molecule has 31 heavy (non-hydrogen) atoms. The predicted molar refractivity (Wildman–Crippen MR) is 110 cm³/mol. The van der Waals surface area contributed by atoms with Crippen LogP contribution in [0, 0.1) is 5.92 Å². The summed E-state index contributed by atoms with van der Waals surface area (Å²) in [7, 11) is -4.33. The molecule has 1 aliphatic rings. The van der Waals surface area contributed by atoms with Crippen molar-refractivity contribution in [2.45, 2.75) is 50.1 Å². The first-order valence-electron chi connectivity index (χ1n) is 9.92. The van der Waals surface area contributed by atoms with Crippen LogP contribution in [0.1, 0.15) is 43.2 Å². The maximum absolute atomic E-state index is 13.2. The van der Waals surface area contributed by atoms with Crippen molar-refractivity contribution in [2.75, 3.05) is 18.4 Å². The smallest absolute Gasteiger partial charge is 0.300 e. The zero-order chi connectivity index (χ0) is 22.6. The molecule has 7 nitrogen and oxygen atoms in total. The van der Waals surface area contributed by atoms with E-state index in [0.717, 1.165) is 46.8 Å².